The Balaban J connectivity index is 2.34. The minimum Gasteiger partial charge on any atom is -0.481 e. The Hall–Kier alpha value is -1.30. The molecule has 0 atom stereocenters. The SMILES string of the molecule is O=C(O)C1(c2cnc(Cl)cn2)CCC(F)(F)CC1. The normalized spacial score (nSPS) is 21.5. The van der Waals surface area contributed by atoms with E-state index < -0.39 is 30.1 Å². The summed E-state index contributed by atoms with van der Waals surface area (Å²) in [5, 5.41) is 9.48. The molecule has 1 aromatic rings. The summed E-state index contributed by atoms with van der Waals surface area (Å²) in [7, 11) is 0. The average molecular weight is 277 g/mol. The van der Waals surface area contributed by atoms with E-state index in [9.17, 15) is 18.7 Å². The number of aliphatic carboxylic acids is 1. The van der Waals surface area contributed by atoms with Crippen LogP contribution in [-0.2, 0) is 10.2 Å². The van der Waals surface area contributed by atoms with E-state index in [4.69, 9.17) is 11.6 Å². The number of carbonyl (C=O) groups is 1. The molecule has 4 nitrogen and oxygen atoms in total. The van der Waals surface area contributed by atoms with Gasteiger partial charge in [0, 0.05) is 12.8 Å². The van der Waals surface area contributed by atoms with Gasteiger partial charge in [-0.1, -0.05) is 11.6 Å². The highest BCUT2D eigenvalue weighted by molar-refractivity contribution is 6.29. The van der Waals surface area contributed by atoms with Gasteiger partial charge in [0.25, 0.3) is 0 Å². The lowest BCUT2D eigenvalue weighted by Crippen LogP contribution is -2.43. The summed E-state index contributed by atoms with van der Waals surface area (Å²) in [6, 6.07) is 0. The monoisotopic (exact) mass is 276 g/mol. The number of carboxylic acid groups (broad SMARTS) is 1. The molecule has 7 heteroatoms. The number of nitrogens with zero attached hydrogens (tertiary/aromatic N) is 2. The van der Waals surface area contributed by atoms with Gasteiger partial charge in [-0.25, -0.2) is 13.8 Å². The van der Waals surface area contributed by atoms with Crippen LogP contribution in [0.5, 0.6) is 0 Å². The van der Waals surface area contributed by atoms with Gasteiger partial charge < -0.3 is 5.11 Å². The third kappa shape index (κ3) is 2.29. The molecule has 0 aliphatic heterocycles. The summed E-state index contributed by atoms with van der Waals surface area (Å²) in [6.07, 6.45) is 1.28. The zero-order chi connectivity index (χ0) is 13.4. The fourth-order valence-electron chi connectivity index (χ4n) is 2.18. The molecule has 98 valence electrons. The van der Waals surface area contributed by atoms with Crippen molar-refractivity contribution in [3.05, 3.63) is 23.2 Å². The molecule has 1 fully saturated rings. The molecule has 0 spiro atoms. The highest BCUT2D eigenvalue weighted by Gasteiger charge is 2.50. The molecule has 0 aromatic carbocycles. The Bertz CT molecular complexity index is 455. The number of rotatable bonds is 2. The molecular weight excluding hydrogens is 266 g/mol. The largest absolute Gasteiger partial charge is 0.481 e. The highest BCUT2D eigenvalue weighted by atomic mass is 35.5. The van der Waals surface area contributed by atoms with Gasteiger partial charge in [-0.15, -0.1) is 0 Å². The van der Waals surface area contributed by atoms with E-state index in [0.717, 1.165) is 0 Å². The lowest BCUT2D eigenvalue weighted by atomic mass is 9.70. The number of hydrogen-bond acceptors (Lipinski definition) is 3. The first-order valence-electron chi connectivity index (χ1n) is 5.45. The molecule has 0 radical (unpaired) electrons. The number of alkyl halides is 2. The summed E-state index contributed by atoms with van der Waals surface area (Å²) in [5.74, 6) is -3.94. The summed E-state index contributed by atoms with van der Waals surface area (Å²) in [5.41, 5.74) is -1.19. The second-order valence-corrected chi connectivity index (χ2v) is 4.85. The summed E-state index contributed by atoms with van der Waals surface area (Å²) in [6.45, 7) is 0. The van der Waals surface area contributed by atoms with Crippen LogP contribution in [0.15, 0.2) is 12.4 Å². The molecule has 1 saturated carbocycles. The van der Waals surface area contributed by atoms with Crippen LogP contribution in [0.3, 0.4) is 0 Å². The van der Waals surface area contributed by atoms with Crippen LogP contribution < -0.4 is 0 Å². The van der Waals surface area contributed by atoms with Crippen LogP contribution in [-0.4, -0.2) is 27.0 Å². The standard InChI is InChI=1S/C11H11ClF2N2O2/c12-8-6-15-7(5-16-8)10(9(17)18)1-3-11(13,14)4-2-10/h5-6H,1-4H2,(H,17,18). The van der Waals surface area contributed by atoms with Gasteiger partial charge in [-0.2, -0.15) is 0 Å². The van der Waals surface area contributed by atoms with Gasteiger partial charge in [-0.05, 0) is 12.8 Å². The third-order valence-corrected chi connectivity index (χ3v) is 3.55. The molecule has 0 saturated heterocycles. The lowest BCUT2D eigenvalue weighted by molar-refractivity contribution is -0.149. The predicted octanol–water partition coefficient (Wildman–Crippen LogP) is 2.66. The fraction of sp³-hybridized carbons (Fsp3) is 0.545. The van der Waals surface area contributed by atoms with Crippen molar-refractivity contribution in [2.24, 2.45) is 0 Å². The van der Waals surface area contributed by atoms with Gasteiger partial charge in [0.15, 0.2) is 0 Å². The van der Waals surface area contributed by atoms with Crippen molar-refractivity contribution in [2.75, 3.05) is 0 Å². The van der Waals surface area contributed by atoms with Gasteiger partial charge >= 0.3 is 5.97 Å². The van der Waals surface area contributed by atoms with E-state index in [1.165, 1.54) is 12.4 Å². The summed E-state index contributed by atoms with van der Waals surface area (Å²) >= 11 is 5.58. The van der Waals surface area contributed by atoms with E-state index in [2.05, 4.69) is 9.97 Å². The Morgan fingerprint density at radius 2 is 1.83 bits per heavy atom. The fourth-order valence-corrected chi connectivity index (χ4v) is 2.28. The Morgan fingerprint density at radius 1 is 1.22 bits per heavy atom. The minimum atomic E-state index is -2.79. The van der Waals surface area contributed by atoms with Gasteiger partial charge in [0.2, 0.25) is 5.92 Å². The molecule has 0 unspecified atom stereocenters. The second-order valence-electron chi connectivity index (χ2n) is 4.47. The number of hydrogen-bond donors (Lipinski definition) is 1. The lowest BCUT2D eigenvalue weighted by Gasteiger charge is -2.35. The minimum absolute atomic E-state index is 0.139. The predicted molar refractivity (Wildman–Crippen MR) is 59.8 cm³/mol. The van der Waals surface area contributed by atoms with Crippen molar-refractivity contribution in [3.8, 4) is 0 Å². The van der Waals surface area contributed by atoms with Crippen LogP contribution >= 0.6 is 11.6 Å². The van der Waals surface area contributed by atoms with Crippen LogP contribution in [0.4, 0.5) is 8.78 Å². The summed E-state index contributed by atoms with van der Waals surface area (Å²) in [4.78, 5) is 19.1. The highest BCUT2D eigenvalue weighted by Crippen LogP contribution is 2.44. The number of carboxylic acids is 1. The molecule has 2 rings (SSSR count). The molecule has 1 aromatic heterocycles. The van der Waals surface area contributed by atoms with Gasteiger partial charge in [-0.3, -0.25) is 9.78 Å². The number of aromatic nitrogens is 2. The molecular formula is C11H11ClF2N2O2. The van der Waals surface area contributed by atoms with Crippen LogP contribution in [0, 0.1) is 0 Å². The molecule has 1 aliphatic carbocycles. The van der Waals surface area contributed by atoms with Crippen molar-refractivity contribution in [1.29, 1.82) is 0 Å². The topological polar surface area (TPSA) is 63.1 Å². The zero-order valence-corrected chi connectivity index (χ0v) is 10.1. The van der Waals surface area contributed by atoms with E-state index in [-0.39, 0.29) is 23.7 Å². The maximum absolute atomic E-state index is 13.1. The first kappa shape index (κ1) is 13.1. The van der Waals surface area contributed by atoms with E-state index in [1.807, 2.05) is 0 Å². The van der Waals surface area contributed by atoms with Crippen molar-refractivity contribution in [3.63, 3.8) is 0 Å². The van der Waals surface area contributed by atoms with E-state index >= 15 is 0 Å². The van der Waals surface area contributed by atoms with Crippen LogP contribution in [0.25, 0.3) is 0 Å². The van der Waals surface area contributed by atoms with Crippen LogP contribution in [0.1, 0.15) is 31.4 Å². The molecule has 0 bridgehead atoms. The Morgan fingerprint density at radius 3 is 2.28 bits per heavy atom. The molecule has 1 heterocycles. The van der Waals surface area contributed by atoms with Crippen molar-refractivity contribution >= 4 is 17.6 Å². The zero-order valence-electron chi connectivity index (χ0n) is 9.37. The summed E-state index contributed by atoms with van der Waals surface area (Å²) < 4.78 is 26.3. The maximum Gasteiger partial charge on any atom is 0.315 e. The Labute approximate surface area is 107 Å². The first-order valence-corrected chi connectivity index (χ1v) is 5.83. The third-order valence-electron chi connectivity index (χ3n) is 3.36. The average Bonchev–Trinajstić information content (AvgIpc) is 2.30. The van der Waals surface area contributed by atoms with Crippen LogP contribution in [0.2, 0.25) is 5.15 Å². The Kier molecular flexibility index (Phi) is 3.23. The van der Waals surface area contributed by atoms with E-state index in [0.29, 0.717) is 0 Å². The maximum atomic E-state index is 13.1. The molecule has 1 aliphatic rings. The molecule has 1 N–H and O–H groups in total. The van der Waals surface area contributed by atoms with Crippen molar-refractivity contribution in [2.45, 2.75) is 37.0 Å². The van der Waals surface area contributed by atoms with E-state index in [1.54, 1.807) is 0 Å². The second kappa shape index (κ2) is 4.42. The number of halogens is 3. The quantitative estimate of drug-likeness (QED) is 0.902. The van der Waals surface area contributed by atoms with Crippen molar-refractivity contribution < 1.29 is 18.7 Å². The smallest absolute Gasteiger partial charge is 0.315 e. The molecule has 18 heavy (non-hydrogen) atoms. The van der Waals surface area contributed by atoms with Crippen molar-refractivity contribution in [1.82, 2.24) is 9.97 Å². The van der Waals surface area contributed by atoms with Gasteiger partial charge in [0.05, 0.1) is 18.1 Å². The molecule has 0 amide bonds. The van der Waals surface area contributed by atoms with Gasteiger partial charge in [0.1, 0.15) is 10.6 Å². The first-order chi connectivity index (χ1) is 8.36.